The van der Waals surface area contributed by atoms with E-state index in [4.69, 9.17) is 0 Å². The predicted molar refractivity (Wildman–Crippen MR) is 88.2 cm³/mol. The molecule has 0 N–H and O–H groups in total. The summed E-state index contributed by atoms with van der Waals surface area (Å²) in [6, 6.07) is 0. The summed E-state index contributed by atoms with van der Waals surface area (Å²) in [5.74, 6) is 0. The molecule has 1 aliphatic carbocycles. The molecule has 1 aliphatic heterocycles. The van der Waals surface area contributed by atoms with Crippen molar-refractivity contribution in [3.63, 3.8) is 0 Å². The first-order valence-corrected chi connectivity index (χ1v) is 7.73. The van der Waals surface area contributed by atoms with Gasteiger partial charge in [0.1, 0.15) is 0 Å². The Morgan fingerprint density at radius 2 is 1.85 bits per heavy atom. The third-order valence-electron chi connectivity index (χ3n) is 4.77. The minimum atomic E-state index is 0.256. The number of hydrogen-bond donors (Lipinski definition) is 0. The van der Waals surface area contributed by atoms with Crippen molar-refractivity contribution in [1.82, 2.24) is 4.90 Å². The van der Waals surface area contributed by atoms with Gasteiger partial charge in [-0.05, 0) is 42.7 Å². The van der Waals surface area contributed by atoms with Gasteiger partial charge in [-0.2, -0.15) is 0 Å². The van der Waals surface area contributed by atoms with Gasteiger partial charge in [-0.1, -0.05) is 57.9 Å². The zero-order valence-corrected chi connectivity index (χ0v) is 14.0. The second kappa shape index (κ2) is 5.27. The molecule has 0 aromatic heterocycles. The highest BCUT2D eigenvalue weighted by Gasteiger charge is 2.26. The normalized spacial score (nSPS) is 22.9. The summed E-state index contributed by atoms with van der Waals surface area (Å²) in [4.78, 5) is 2.40. The molecule has 0 saturated heterocycles. The summed E-state index contributed by atoms with van der Waals surface area (Å²) in [6.45, 7) is 14.9. The van der Waals surface area contributed by atoms with Crippen LogP contribution < -0.4 is 0 Å². The zero-order valence-electron chi connectivity index (χ0n) is 14.0. The highest BCUT2D eigenvalue weighted by molar-refractivity contribution is 5.34. The highest BCUT2D eigenvalue weighted by Crippen LogP contribution is 2.36. The smallest absolute Gasteiger partial charge is 0.0402 e. The predicted octanol–water partition coefficient (Wildman–Crippen LogP) is 5.44. The molecular formula is C19H29N. The molecule has 20 heavy (non-hydrogen) atoms. The molecule has 1 heterocycles. The lowest BCUT2D eigenvalue weighted by atomic mass is 9.80. The van der Waals surface area contributed by atoms with Gasteiger partial charge in [-0.15, -0.1) is 0 Å². The quantitative estimate of drug-likeness (QED) is 0.614. The van der Waals surface area contributed by atoms with Gasteiger partial charge in [0.05, 0.1) is 0 Å². The van der Waals surface area contributed by atoms with Crippen molar-refractivity contribution in [3.8, 4) is 0 Å². The topological polar surface area (TPSA) is 3.24 Å². The summed E-state index contributed by atoms with van der Waals surface area (Å²) in [5, 5.41) is 0. The third kappa shape index (κ3) is 3.26. The molecule has 0 amide bonds. The number of allylic oxidation sites excluding steroid dienone is 6. The first kappa shape index (κ1) is 15.2. The molecule has 0 bridgehead atoms. The minimum Gasteiger partial charge on any atom is -0.348 e. The number of nitrogens with zero attached hydrogens (tertiary/aromatic N) is 1. The Kier molecular flexibility index (Phi) is 4.00. The van der Waals surface area contributed by atoms with Gasteiger partial charge >= 0.3 is 0 Å². The van der Waals surface area contributed by atoms with E-state index in [9.17, 15) is 0 Å². The Balaban J connectivity index is 2.25. The summed E-state index contributed by atoms with van der Waals surface area (Å²) >= 11 is 0. The Labute approximate surface area is 124 Å². The lowest BCUT2D eigenvalue weighted by molar-refractivity contribution is 0.301. The van der Waals surface area contributed by atoms with E-state index in [1.54, 1.807) is 0 Å². The van der Waals surface area contributed by atoms with E-state index in [1.807, 2.05) is 0 Å². The molecule has 1 heteroatoms. The third-order valence-corrected chi connectivity index (χ3v) is 4.77. The van der Waals surface area contributed by atoms with Crippen LogP contribution >= 0.6 is 0 Å². The molecular weight excluding hydrogens is 242 g/mol. The maximum atomic E-state index is 2.40. The van der Waals surface area contributed by atoms with Gasteiger partial charge in [0.2, 0.25) is 0 Å². The second-order valence-corrected chi connectivity index (χ2v) is 7.78. The van der Waals surface area contributed by atoms with Crippen LogP contribution in [0.1, 0.15) is 54.4 Å². The van der Waals surface area contributed by atoms with Crippen molar-refractivity contribution in [2.75, 3.05) is 6.54 Å². The van der Waals surface area contributed by atoms with Crippen molar-refractivity contribution in [2.24, 2.45) is 10.8 Å². The summed E-state index contributed by atoms with van der Waals surface area (Å²) in [7, 11) is 0. The fourth-order valence-corrected chi connectivity index (χ4v) is 2.64. The molecule has 0 atom stereocenters. The van der Waals surface area contributed by atoms with E-state index < -0.39 is 0 Å². The van der Waals surface area contributed by atoms with Gasteiger partial charge in [-0.3, -0.25) is 0 Å². The highest BCUT2D eigenvalue weighted by atomic mass is 15.1. The van der Waals surface area contributed by atoms with E-state index in [0.717, 1.165) is 13.0 Å². The van der Waals surface area contributed by atoms with E-state index in [1.165, 1.54) is 23.3 Å². The van der Waals surface area contributed by atoms with Crippen molar-refractivity contribution in [1.29, 1.82) is 0 Å². The van der Waals surface area contributed by atoms with Crippen LogP contribution in [-0.2, 0) is 0 Å². The first-order chi connectivity index (χ1) is 9.20. The minimum absolute atomic E-state index is 0.256. The maximum absolute atomic E-state index is 2.40. The number of rotatable bonds is 1. The van der Waals surface area contributed by atoms with E-state index in [2.05, 4.69) is 76.9 Å². The lowest BCUT2D eigenvalue weighted by Gasteiger charge is -2.36. The van der Waals surface area contributed by atoms with Gasteiger partial charge < -0.3 is 4.90 Å². The molecule has 0 fully saturated rings. The van der Waals surface area contributed by atoms with Crippen LogP contribution in [0.5, 0.6) is 0 Å². The van der Waals surface area contributed by atoms with Crippen LogP contribution in [0, 0.1) is 10.8 Å². The lowest BCUT2D eigenvalue weighted by Crippen LogP contribution is -2.30. The molecule has 2 rings (SSSR count). The molecule has 0 radical (unpaired) electrons. The number of hydrogen-bond acceptors (Lipinski definition) is 1. The Bertz CT molecular complexity index is 492. The van der Waals surface area contributed by atoms with E-state index >= 15 is 0 Å². The SMILES string of the molecule is CC1=CN(C2=CC=C(C(C)(C)C)CC=C2)CCC1(C)C. The monoisotopic (exact) mass is 271 g/mol. The van der Waals surface area contributed by atoms with Crippen molar-refractivity contribution in [3.05, 3.63) is 47.3 Å². The van der Waals surface area contributed by atoms with Crippen LogP contribution in [0.15, 0.2) is 47.3 Å². The van der Waals surface area contributed by atoms with Crippen LogP contribution in [0.25, 0.3) is 0 Å². The zero-order chi connectivity index (χ0) is 15.0. The van der Waals surface area contributed by atoms with Crippen molar-refractivity contribution in [2.45, 2.75) is 54.4 Å². The summed E-state index contributed by atoms with van der Waals surface area (Å²) in [5.41, 5.74) is 4.90. The Hall–Kier alpha value is -1.24. The molecule has 1 nitrogen and oxygen atoms in total. The molecule has 0 unspecified atom stereocenters. The van der Waals surface area contributed by atoms with E-state index in [0.29, 0.717) is 5.41 Å². The Morgan fingerprint density at radius 1 is 1.15 bits per heavy atom. The fraction of sp³-hybridized carbons (Fsp3) is 0.579. The average molecular weight is 271 g/mol. The van der Waals surface area contributed by atoms with Crippen LogP contribution in [0.4, 0.5) is 0 Å². The van der Waals surface area contributed by atoms with Crippen LogP contribution in [0.3, 0.4) is 0 Å². The molecule has 0 saturated carbocycles. The molecule has 0 aromatic rings. The van der Waals surface area contributed by atoms with Gasteiger partial charge in [0, 0.05) is 18.4 Å². The fourth-order valence-electron chi connectivity index (χ4n) is 2.64. The largest absolute Gasteiger partial charge is 0.348 e. The van der Waals surface area contributed by atoms with Gasteiger partial charge in [-0.25, -0.2) is 0 Å². The first-order valence-electron chi connectivity index (χ1n) is 7.73. The average Bonchev–Trinajstić information content (AvgIpc) is 2.58. The molecule has 0 aromatic carbocycles. The Morgan fingerprint density at radius 3 is 2.45 bits per heavy atom. The van der Waals surface area contributed by atoms with Crippen molar-refractivity contribution >= 4 is 0 Å². The maximum Gasteiger partial charge on any atom is 0.0402 e. The second-order valence-electron chi connectivity index (χ2n) is 7.78. The van der Waals surface area contributed by atoms with Crippen molar-refractivity contribution < 1.29 is 0 Å². The van der Waals surface area contributed by atoms with Gasteiger partial charge in [0.25, 0.3) is 0 Å². The molecule has 0 spiro atoms. The van der Waals surface area contributed by atoms with Gasteiger partial charge in [0.15, 0.2) is 0 Å². The van der Waals surface area contributed by atoms with Crippen LogP contribution in [-0.4, -0.2) is 11.4 Å². The standard InChI is InChI=1S/C19H29N/c1-15-14-20(13-12-19(15,5)6)17-9-7-8-16(10-11-17)18(2,3)4/h7,9-11,14H,8,12-13H2,1-6H3. The summed E-state index contributed by atoms with van der Waals surface area (Å²) < 4.78 is 0. The molecule has 2 aliphatic rings. The van der Waals surface area contributed by atoms with E-state index in [-0.39, 0.29) is 5.41 Å². The van der Waals surface area contributed by atoms with Crippen LogP contribution in [0.2, 0.25) is 0 Å². The molecule has 110 valence electrons. The summed E-state index contributed by atoms with van der Waals surface area (Å²) in [6.07, 6.45) is 13.8.